The fraction of sp³-hybridized carbons (Fsp3) is 0.188. The van der Waals surface area contributed by atoms with Gasteiger partial charge in [-0.25, -0.2) is 4.79 Å². The third-order valence-corrected chi connectivity index (χ3v) is 3.59. The Morgan fingerprint density at radius 1 is 1.05 bits per heavy atom. The first-order chi connectivity index (χ1) is 10.2. The zero-order valence-electron chi connectivity index (χ0n) is 11.3. The van der Waals surface area contributed by atoms with Crippen LogP contribution >= 0.6 is 15.9 Å². The van der Waals surface area contributed by atoms with E-state index < -0.39 is 5.97 Å². The molecule has 0 radical (unpaired) electrons. The highest BCUT2D eigenvalue weighted by Gasteiger charge is 2.09. The van der Waals surface area contributed by atoms with Crippen molar-refractivity contribution in [3.05, 3.63) is 64.1 Å². The van der Waals surface area contributed by atoms with Crippen molar-refractivity contribution in [3.63, 3.8) is 0 Å². The van der Waals surface area contributed by atoms with Crippen molar-refractivity contribution in [2.24, 2.45) is 0 Å². The second kappa shape index (κ2) is 7.81. The van der Waals surface area contributed by atoms with E-state index in [1.807, 2.05) is 24.3 Å². The Morgan fingerprint density at radius 2 is 1.76 bits per heavy atom. The summed E-state index contributed by atoms with van der Waals surface area (Å²) in [5.41, 5.74) is 1.21. The van der Waals surface area contributed by atoms with Gasteiger partial charge in [0.1, 0.15) is 17.9 Å². The zero-order valence-corrected chi connectivity index (χ0v) is 12.9. The van der Waals surface area contributed by atoms with Crippen molar-refractivity contribution in [2.75, 3.05) is 13.2 Å². The number of carbonyl (C=O) groups is 1. The standard InChI is InChI=1S/C16H15BrO4/c17-14-7-3-1-5-12(14)11-20-9-10-21-15-8-4-2-6-13(15)16(18)19/h1-8H,9-11H2,(H,18,19). The number of carboxylic acids is 1. The van der Waals surface area contributed by atoms with Crippen LogP contribution in [0.1, 0.15) is 15.9 Å². The fourth-order valence-corrected chi connectivity index (χ4v) is 2.18. The summed E-state index contributed by atoms with van der Waals surface area (Å²) in [4.78, 5) is 11.0. The fourth-order valence-electron chi connectivity index (χ4n) is 1.78. The first-order valence-corrected chi connectivity index (χ1v) is 7.24. The molecule has 0 aromatic heterocycles. The van der Waals surface area contributed by atoms with Crippen molar-refractivity contribution in [1.29, 1.82) is 0 Å². The molecule has 0 atom stereocenters. The smallest absolute Gasteiger partial charge is 0.339 e. The zero-order chi connectivity index (χ0) is 15.1. The second-order valence-corrected chi connectivity index (χ2v) is 5.15. The highest BCUT2D eigenvalue weighted by Crippen LogP contribution is 2.18. The topological polar surface area (TPSA) is 55.8 Å². The molecule has 0 bridgehead atoms. The van der Waals surface area contributed by atoms with E-state index in [9.17, 15) is 4.79 Å². The third kappa shape index (κ3) is 4.58. The number of ether oxygens (including phenoxy) is 2. The van der Waals surface area contributed by atoms with Gasteiger partial charge in [-0.15, -0.1) is 0 Å². The molecule has 1 N–H and O–H groups in total. The predicted molar refractivity (Wildman–Crippen MR) is 82.7 cm³/mol. The highest BCUT2D eigenvalue weighted by atomic mass is 79.9. The molecule has 0 unspecified atom stereocenters. The summed E-state index contributed by atoms with van der Waals surface area (Å²) in [6, 6.07) is 14.4. The van der Waals surface area contributed by atoms with Crippen LogP contribution in [0.4, 0.5) is 0 Å². The molecule has 0 aliphatic rings. The molecule has 0 aliphatic carbocycles. The normalized spacial score (nSPS) is 10.3. The molecule has 2 aromatic carbocycles. The summed E-state index contributed by atoms with van der Waals surface area (Å²) in [6.07, 6.45) is 0. The molecule has 110 valence electrons. The Hall–Kier alpha value is -1.85. The molecule has 0 amide bonds. The maximum absolute atomic E-state index is 11.0. The molecule has 5 heteroatoms. The molecule has 2 aromatic rings. The minimum atomic E-state index is -1.00. The quantitative estimate of drug-likeness (QED) is 0.772. The minimum Gasteiger partial charge on any atom is -0.490 e. The Balaban J connectivity index is 1.78. The molecule has 4 nitrogen and oxygen atoms in total. The van der Waals surface area contributed by atoms with Crippen LogP contribution < -0.4 is 4.74 Å². The van der Waals surface area contributed by atoms with E-state index in [4.69, 9.17) is 14.6 Å². The molecule has 0 heterocycles. The number of hydrogen-bond donors (Lipinski definition) is 1. The van der Waals surface area contributed by atoms with Gasteiger partial charge in [0.2, 0.25) is 0 Å². The molecule has 0 spiro atoms. The first kappa shape index (κ1) is 15.5. The lowest BCUT2D eigenvalue weighted by Crippen LogP contribution is -2.09. The summed E-state index contributed by atoms with van der Waals surface area (Å²) in [5.74, 6) is -0.644. The highest BCUT2D eigenvalue weighted by molar-refractivity contribution is 9.10. The number of para-hydroxylation sites is 1. The predicted octanol–water partition coefficient (Wildman–Crippen LogP) is 3.74. The van der Waals surface area contributed by atoms with Crippen LogP contribution in [0.3, 0.4) is 0 Å². The first-order valence-electron chi connectivity index (χ1n) is 6.45. The van der Waals surface area contributed by atoms with Crippen LogP contribution in [0.15, 0.2) is 53.0 Å². The Morgan fingerprint density at radius 3 is 2.52 bits per heavy atom. The number of rotatable bonds is 7. The summed E-state index contributed by atoms with van der Waals surface area (Å²) in [6.45, 7) is 1.16. The van der Waals surface area contributed by atoms with Crippen molar-refractivity contribution in [2.45, 2.75) is 6.61 Å². The molecule has 0 saturated heterocycles. The van der Waals surface area contributed by atoms with Gasteiger partial charge in [-0.3, -0.25) is 0 Å². The minimum absolute atomic E-state index is 0.156. The van der Waals surface area contributed by atoms with Crippen LogP contribution in [-0.4, -0.2) is 24.3 Å². The van der Waals surface area contributed by atoms with Crippen molar-refractivity contribution in [1.82, 2.24) is 0 Å². The average molecular weight is 351 g/mol. The number of benzene rings is 2. The number of hydrogen-bond acceptors (Lipinski definition) is 3. The van der Waals surface area contributed by atoms with Gasteiger partial charge in [0.25, 0.3) is 0 Å². The summed E-state index contributed by atoms with van der Waals surface area (Å²) >= 11 is 3.45. The van der Waals surface area contributed by atoms with Gasteiger partial charge in [-0.2, -0.15) is 0 Å². The monoisotopic (exact) mass is 350 g/mol. The summed E-state index contributed by atoms with van der Waals surface area (Å²) < 4.78 is 12.0. The largest absolute Gasteiger partial charge is 0.490 e. The van der Waals surface area contributed by atoms with Gasteiger partial charge in [0.05, 0.1) is 13.2 Å². The van der Waals surface area contributed by atoms with Crippen LogP contribution in [0.5, 0.6) is 5.75 Å². The number of halogens is 1. The Kier molecular flexibility index (Phi) is 5.78. The lowest BCUT2D eigenvalue weighted by atomic mass is 10.2. The van der Waals surface area contributed by atoms with Crippen molar-refractivity contribution < 1.29 is 19.4 Å². The second-order valence-electron chi connectivity index (χ2n) is 4.29. The molecule has 2 rings (SSSR count). The van der Waals surface area contributed by atoms with E-state index in [1.54, 1.807) is 18.2 Å². The molecule has 0 fully saturated rings. The van der Waals surface area contributed by atoms with Crippen LogP contribution in [0, 0.1) is 0 Å². The van der Waals surface area contributed by atoms with E-state index in [-0.39, 0.29) is 5.56 Å². The summed E-state index contributed by atoms with van der Waals surface area (Å²) in [5, 5.41) is 9.03. The van der Waals surface area contributed by atoms with Gasteiger partial charge in [0, 0.05) is 4.47 Å². The van der Waals surface area contributed by atoms with Crippen molar-refractivity contribution in [3.8, 4) is 5.75 Å². The van der Waals surface area contributed by atoms with Gasteiger partial charge in [0.15, 0.2) is 0 Å². The molecule has 21 heavy (non-hydrogen) atoms. The molecule has 0 saturated carbocycles. The SMILES string of the molecule is O=C(O)c1ccccc1OCCOCc1ccccc1Br. The van der Waals surface area contributed by atoms with E-state index in [0.29, 0.717) is 25.6 Å². The van der Waals surface area contributed by atoms with E-state index >= 15 is 0 Å². The lowest BCUT2D eigenvalue weighted by Gasteiger charge is -2.10. The van der Waals surface area contributed by atoms with Crippen LogP contribution in [0.25, 0.3) is 0 Å². The van der Waals surface area contributed by atoms with E-state index in [1.165, 1.54) is 6.07 Å². The van der Waals surface area contributed by atoms with Gasteiger partial charge < -0.3 is 14.6 Å². The van der Waals surface area contributed by atoms with E-state index in [0.717, 1.165) is 10.0 Å². The number of carboxylic acid groups (broad SMARTS) is 1. The van der Waals surface area contributed by atoms with E-state index in [2.05, 4.69) is 15.9 Å². The maximum atomic E-state index is 11.0. The third-order valence-electron chi connectivity index (χ3n) is 2.82. The molecular weight excluding hydrogens is 336 g/mol. The average Bonchev–Trinajstić information content (AvgIpc) is 2.49. The molecule has 0 aliphatic heterocycles. The van der Waals surface area contributed by atoms with Crippen LogP contribution in [-0.2, 0) is 11.3 Å². The Labute approximate surface area is 131 Å². The van der Waals surface area contributed by atoms with Gasteiger partial charge in [-0.1, -0.05) is 46.3 Å². The molecular formula is C16H15BrO4. The van der Waals surface area contributed by atoms with Crippen LogP contribution in [0.2, 0.25) is 0 Å². The van der Waals surface area contributed by atoms with Gasteiger partial charge in [-0.05, 0) is 23.8 Å². The Bertz CT molecular complexity index is 613. The summed E-state index contributed by atoms with van der Waals surface area (Å²) in [7, 11) is 0. The maximum Gasteiger partial charge on any atom is 0.339 e. The number of aromatic carboxylic acids is 1. The van der Waals surface area contributed by atoms with Crippen molar-refractivity contribution >= 4 is 21.9 Å². The lowest BCUT2D eigenvalue weighted by molar-refractivity contribution is 0.0681. The van der Waals surface area contributed by atoms with Gasteiger partial charge >= 0.3 is 5.97 Å².